The summed E-state index contributed by atoms with van der Waals surface area (Å²) in [6, 6.07) is 6.39. The lowest BCUT2D eigenvalue weighted by Crippen LogP contribution is -2.38. The second-order valence-electron chi connectivity index (χ2n) is 5.61. The van der Waals surface area contributed by atoms with E-state index in [-0.39, 0.29) is 29.2 Å². The predicted molar refractivity (Wildman–Crippen MR) is 97.0 cm³/mol. The first-order valence-electron chi connectivity index (χ1n) is 7.33. The third-order valence-corrected chi connectivity index (χ3v) is 7.36. The van der Waals surface area contributed by atoms with E-state index in [2.05, 4.69) is 4.99 Å². The molecule has 7 nitrogen and oxygen atoms in total. The summed E-state index contributed by atoms with van der Waals surface area (Å²) in [5, 5.41) is 9.25. The fourth-order valence-corrected chi connectivity index (χ4v) is 7.00. The maximum atomic E-state index is 12.0. The predicted octanol–water partition coefficient (Wildman–Crippen LogP) is 1.86. The van der Waals surface area contributed by atoms with Crippen molar-refractivity contribution >= 4 is 50.0 Å². The molecule has 0 N–H and O–H groups in total. The van der Waals surface area contributed by atoms with E-state index >= 15 is 0 Å². The highest BCUT2D eigenvalue weighted by Gasteiger charge is 2.50. The quantitative estimate of drug-likeness (QED) is 0.764. The molecule has 2 aliphatic heterocycles. The van der Waals surface area contributed by atoms with Crippen LogP contribution in [0.5, 0.6) is 5.75 Å². The van der Waals surface area contributed by atoms with E-state index in [1.807, 2.05) is 0 Å². The molecule has 0 bridgehead atoms. The van der Waals surface area contributed by atoms with E-state index < -0.39 is 15.7 Å². The number of ether oxygens (including phenoxy) is 1. The van der Waals surface area contributed by atoms with E-state index in [9.17, 15) is 13.2 Å². The van der Waals surface area contributed by atoms with Gasteiger partial charge in [-0.3, -0.25) is 4.79 Å². The monoisotopic (exact) mass is 399 g/mol. The summed E-state index contributed by atoms with van der Waals surface area (Å²) in [7, 11) is -1.67. The van der Waals surface area contributed by atoms with Gasteiger partial charge < -0.3 is 9.64 Å². The van der Waals surface area contributed by atoms with Crippen LogP contribution >= 0.6 is 23.4 Å². The number of amides is 1. The van der Waals surface area contributed by atoms with Crippen molar-refractivity contribution in [1.82, 2.24) is 0 Å². The molecule has 2 aliphatic rings. The van der Waals surface area contributed by atoms with Crippen molar-refractivity contribution in [2.45, 2.75) is 17.7 Å². The van der Waals surface area contributed by atoms with E-state index in [0.717, 1.165) is 0 Å². The van der Waals surface area contributed by atoms with E-state index in [0.29, 0.717) is 21.6 Å². The lowest BCUT2D eigenvalue weighted by atomic mass is 10.2. The lowest BCUT2D eigenvalue weighted by Gasteiger charge is -2.26. The smallest absolute Gasteiger partial charge is 0.262 e. The number of carbonyl (C=O) groups excluding carboxylic acids is 1. The number of benzene rings is 1. The van der Waals surface area contributed by atoms with Gasteiger partial charge in [0.2, 0.25) is 0 Å². The molecule has 132 valence electrons. The van der Waals surface area contributed by atoms with Gasteiger partial charge in [0.1, 0.15) is 12.2 Å². The van der Waals surface area contributed by atoms with Crippen LogP contribution in [0.25, 0.3) is 0 Å². The number of halogens is 1. The van der Waals surface area contributed by atoms with E-state index in [1.165, 1.54) is 18.9 Å². The molecule has 0 saturated carbocycles. The van der Waals surface area contributed by atoms with Gasteiger partial charge in [0.25, 0.3) is 5.91 Å². The summed E-state index contributed by atoms with van der Waals surface area (Å²) in [4.78, 5) is 17.5. The minimum Gasteiger partial charge on any atom is -0.495 e. The largest absolute Gasteiger partial charge is 0.495 e. The molecule has 1 aromatic carbocycles. The number of nitrogens with zero attached hydrogens (tertiary/aromatic N) is 3. The minimum absolute atomic E-state index is 0.0210. The van der Waals surface area contributed by atoms with Gasteiger partial charge in [-0.1, -0.05) is 23.4 Å². The lowest BCUT2D eigenvalue weighted by molar-refractivity contribution is -0.116. The van der Waals surface area contributed by atoms with Gasteiger partial charge in [-0.05, 0) is 18.2 Å². The molecule has 1 aromatic rings. The third kappa shape index (κ3) is 3.61. The summed E-state index contributed by atoms with van der Waals surface area (Å²) >= 11 is 7.33. The Morgan fingerprint density at radius 3 is 2.96 bits per heavy atom. The number of rotatable bonds is 3. The molecule has 1 amide bonds. The molecule has 2 atom stereocenters. The second kappa shape index (κ2) is 6.86. The summed E-state index contributed by atoms with van der Waals surface area (Å²) in [6.07, 6.45) is -0.335. The number of hydrogen-bond acceptors (Lipinski definition) is 6. The van der Waals surface area contributed by atoms with Crippen molar-refractivity contribution in [2.24, 2.45) is 4.99 Å². The first kappa shape index (κ1) is 18.0. The molecule has 3 rings (SSSR count). The molecule has 0 radical (unpaired) electrons. The molecule has 0 aromatic heterocycles. The van der Waals surface area contributed by atoms with E-state index in [4.69, 9.17) is 21.6 Å². The Hall–Kier alpha value is -1.76. The number of methoxy groups -OCH3 is 1. The van der Waals surface area contributed by atoms with Crippen LogP contribution in [0.15, 0.2) is 23.2 Å². The van der Waals surface area contributed by atoms with Gasteiger partial charge in [0.15, 0.2) is 15.0 Å². The Morgan fingerprint density at radius 2 is 2.28 bits per heavy atom. The third-order valence-electron chi connectivity index (χ3n) is 3.92. The highest BCUT2D eigenvalue weighted by atomic mass is 35.5. The fourth-order valence-electron chi connectivity index (χ4n) is 2.91. The Bertz CT molecular complexity index is 895. The average molecular weight is 400 g/mol. The summed E-state index contributed by atoms with van der Waals surface area (Å²) in [5.74, 6) is -0.0897. The van der Waals surface area contributed by atoms with Crippen LogP contribution in [0.1, 0.15) is 6.42 Å². The Labute approximate surface area is 154 Å². The second-order valence-corrected chi connectivity index (χ2v) is 9.41. The molecular weight excluding hydrogens is 386 g/mol. The molecule has 0 aliphatic carbocycles. The maximum absolute atomic E-state index is 12.0. The van der Waals surface area contributed by atoms with Crippen LogP contribution in [0, 0.1) is 11.3 Å². The highest BCUT2D eigenvalue weighted by molar-refractivity contribution is 8.16. The van der Waals surface area contributed by atoms with Crippen LogP contribution in [-0.2, 0) is 14.6 Å². The Balaban J connectivity index is 2.09. The number of aliphatic imine (C=N–C) groups is 1. The van der Waals surface area contributed by atoms with Gasteiger partial charge in [0, 0.05) is 10.3 Å². The van der Waals surface area contributed by atoms with Crippen molar-refractivity contribution in [2.75, 3.05) is 23.5 Å². The average Bonchev–Trinajstić information content (AvgIpc) is 2.98. The number of nitriles is 1. The summed E-state index contributed by atoms with van der Waals surface area (Å²) in [6.45, 7) is 0. The van der Waals surface area contributed by atoms with E-state index in [1.54, 1.807) is 29.2 Å². The zero-order valence-corrected chi connectivity index (χ0v) is 15.6. The number of sulfone groups is 1. The standard InChI is InChI=1S/C15H14ClN3O4S2/c1-23-12-3-2-9(16)6-10(12)19-11-7-25(21,22)8-13(11)24-15(19)18-14(20)4-5-17/h2-3,6,11,13H,4,7-8H2,1H3/t11-,13+/m1/s1. The molecular formula is C15H14ClN3O4S2. The Kier molecular flexibility index (Phi) is 4.95. The molecule has 0 unspecified atom stereocenters. The molecule has 25 heavy (non-hydrogen) atoms. The first-order valence-corrected chi connectivity index (χ1v) is 10.4. The zero-order chi connectivity index (χ0) is 18.2. The van der Waals surface area contributed by atoms with Crippen molar-refractivity contribution in [1.29, 1.82) is 5.26 Å². The molecule has 10 heteroatoms. The number of carbonyl (C=O) groups is 1. The summed E-state index contributed by atoms with van der Waals surface area (Å²) in [5.41, 5.74) is 0.551. The van der Waals surface area contributed by atoms with Gasteiger partial charge in [-0.25, -0.2) is 8.42 Å². The van der Waals surface area contributed by atoms with Crippen LogP contribution < -0.4 is 9.64 Å². The summed E-state index contributed by atoms with van der Waals surface area (Å²) < 4.78 is 29.4. The fraction of sp³-hybridized carbons (Fsp3) is 0.400. The molecule has 2 saturated heterocycles. The Morgan fingerprint density at radius 1 is 1.52 bits per heavy atom. The van der Waals surface area contributed by atoms with Gasteiger partial charge in [-0.2, -0.15) is 10.3 Å². The molecule has 2 fully saturated rings. The zero-order valence-electron chi connectivity index (χ0n) is 13.2. The number of amidine groups is 1. The van der Waals surface area contributed by atoms with Crippen LogP contribution in [-0.4, -0.2) is 49.4 Å². The van der Waals surface area contributed by atoms with Crippen molar-refractivity contribution < 1.29 is 17.9 Å². The van der Waals surface area contributed by atoms with Crippen molar-refractivity contribution in [3.63, 3.8) is 0 Å². The number of hydrogen-bond donors (Lipinski definition) is 0. The van der Waals surface area contributed by atoms with Crippen LogP contribution in [0.3, 0.4) is 0 Å². The van der Waals surface area contributed by atoms with Gasteiger partial charge >= 0.3 is 0 Å². The number of fused-ring (bicyclic) bond motifs is 1. The van der Waals surface area contributed by atoms with Gasteiger partial charge in [0.05, 0.1) is 36.4 Å². The topological polar surface area (TPSA) is 99.8 Å². The first-order chi connectivity index (χ1) is 11.8. The van der Waals surface area contributed by atoms with Crippen molar-refractivity contribution in [3.05, 3.63) is 23.2 Å². The number of thioether (sulfide) groups is 1. The molecule has 2 heterocycles. The van der Waals surface area contributed by atoms with Gasteiger partial charge in [-0.15, -0.1) is 0 Å². The maximum Gasteiger partial charge on any atom is 0.262 e. The highest BCUT2D eigenvalue weighted by Crippen LogP contribution is 2.44. The normalized spacial score (nSPS) is 25.6. The van der Waals surface area contributed by atoms with Crippen LogP contribution in [0.2, 0.25) is 5.02 Å². The minimum atomic E-state index is -3.17. The SMILES string of the molecule is COc1ccc(Cl)cc1N1C(=NC(=O)CC#N)S[C@H]2CS(=O)(=O)C[C@H]21. The van der Waals surface area contributed by atoms with Crippen LogP contribution in [0.4, 0.5) is 5.69 Å². The molecule has 0 spiro atoms. The number of anilines is 1. The van der Waals surface area contributed by atoms with Crippen molar-refractivity contribution in [3.8, 4) is 11.8 Å².